The minimum absolute atomic E-state index is 0.415. The van der Waals surface area contributed by atoms with Gasteiger partial charge >= 0.3 is 0 Å². The fourth-order valence-electron chi connectivity index (χ4n) is 2.49. The predicted octanol–water partition coefficient (Wildman–Crippen LogP) is 5.63. The first-order chi connectivity index (χ1) is 9.81. The van der Waals surface area contributed by atoms with E-state index in [0.29, 0.717) is 12.2 Å². The van der Waals surface area contributed by atoms with Crippen LogP contribution in [0.2, 0.25) is 0 Å². The van der Waals surface area contributed by atoms with Crippen molar-refractivity contribution in [2.45, 2.75) is 103 Å². The molecular weight excluding hydrogens is 248 g/mol. The zero-order valence-corrected chi connectivity index (χ0v) is 13.5. The van der Waals surface area contributed by atoms with Crippen molar-refractivity contribution in [1.82, 2.24) is 0 Å². The maximum absolute atomic E-state index is 11.1. The Morgan fingerprint density at radius 3 is 1.50 bits per heavy atom. The molecule has 0 radical (unpaired) electrons. The monoisotopic (exact) mass is 282 g/mol. The first-order valence-corrected chi connectivity index (χ1v) is 8.76. The highest BCUT2D eigenvalue weighted by Gasteiger charge is 1.97. The highest BCUT2D eigenvalue weighted by atomic mass is 16.1. The Morgan fingerprint density at radius 1 is 0.700 bits per heavy atom. The lowest BCUT2D eigenvalue weighted by molar-refractivity contribution is -0.118. The van der Waals surface area contributed by atoms with Gasteiger partial charge in [0, 0.05) is 19.3 Å². The Hall–Kier alpha value is -0.660. The number of hydrogen-bond acceptors (Lipinski definition) is 2. The molecule has 118 valence electrons. The lowest BCUT2D eigenvalue weighted by Gasteiger charge is -2.02. The maximum Gasteiger partial charge on any atom is 0.132 e. The zero-order chi connectivity index (χ0) is 14.9. The minimum atomic E-state index is 0.415. The molecule has 0 rings (SSSR count). The maximum atomic E-state index is 11.1. The van der Waals surface area contributed by atoms with Gasteiger partial charge in [-0.2, -0.15) is 0 Å². The second kappa shape index (κ2) is 16.4. The molecule has 0 aliphatic heterocycles. The van der Waals surface area contributed by atoms with E-state index in [0.717, 1.165) is 32.0 Å². The third kappa shape index (κ3) is 15.4. The van der Waals surface area contributed by atoms with Crippen molar-refractivity contribution >= 4 is 12.1 Å². The average molecular weight is 282 g/mol. The van der Waals surface area contributed by atoms with Crippen LogP contribution in [0.25, 0.3) is 0 Å². The van der Waals surface area contributed by atoms with Crippen LogP contribution in [0.15, 0.2) is 0 Å². The van der Waals surface area contributed by atoms with Gasteiger partial charge in [-0.1, -0.05) is 71.1 Å². The van der Waals surface area contributed by atoms with E-state index < -0.39 is 0 Å². The van der Waals surface area contributed by atoms with Crippen molar-refractivity contribution in [3.05, 3.63) is 0 Å². The Labute approximate surface area is 125 Å². The van der Waals surface area contributed by atoms with Crippen LogP contribution < -0.4 is 0 Å². The number of rotatable bonds is 16. The second-order valence-electron chi connectivity index (χ2n) is 5.84. The van der Waals surface area contributed by atoms with E-state index in [4.69, 9.17) is 0 Å². The molecule has 0 aliphatic carbocycles. The molecular formula is C18H34O2. The largest absolute Gasteiger partial charge is 0.303 e. The summed E-state index contributed by atoms with van der Waals surface area (Å²) in [5.74, 6) is 0.415. The molecule has 0 aromatic rings. The molecule has 0 heterocycles. The van der Waals surface area contributed by atoms with Crippen LogP contribution in [0.5, 0.6) is 0 Å². The number of hydrogen-bond donors (Lipinski definition) is 0. The first-order valence-electron chi connectivity index (χ1n) is 8.76. The van der Waals surface area contributed by atoms with Gasteiger partial charge in [-0.15, -0.1) is 0 Å². The van der Waals surface area contributed by atoms with Crippen molar-refractivity contribution in [2.24, 2.45) is 0 Å². The summed E-state index contributed by atoms with van der Waals surface area (Å²) in [7, 11) is 0. The van der Waals surface area contributed by atoms with Crippen LogP contribution in [-0.2, 0) is 9.59 Å². The van der Waals surface area contributed by atoms with Gasteiger partial charge in [0.25, 0.3) is 0 Å². The molecule has 2 heteroatoms. The summed E-state index contributed by atoms with van der Waals surface area (Å²) < 4.78 is 0. The van der Waals surface area contributed by atoms with Crippen LogP contribution in [0, 0.1) is 0 Å². The molecule has 0 amide bonds. The Bertz CT molecular complexity index is 223. The summed E-state index contributed by atoms with van der Waals surface area (Å²) in [6.45, 7) is 1.95. The Kier molecular flexibility index (Phi) is 15.9. The number of Topliss-reactive ketones (excluding diaryl/α,β-unsaturated/α-hetero) is 1. The van der Waals surface area contributed by atoms with E-state index in [2.05, 4.69) is 0 Å². The Morgan fingerprint density at radius 2 is 1.10 bits per heavy atom. The molecule has 0 aromatic heterocycles. The number of ketones is 1. The topological polar surface area (TPSA) is 34.1 Å². The quantitative estimate of drug-likeness (QED) is 0.272. The van der Waals surface area contributed by atoms with E-state index in [1.165, 1.54) is 64.2 Å². The van der Waals surface area contributed by atoms with Crippen molar-refractivity contribution in [3.8, 4) is 0 Å². The van der Waals surface area contributed by atoms with Crippen molar-refractivity contribution in [3.63, 3.8) is 0 Å². The number of carbonyl (C=O) groups excluding carboxylic acids is 2. The highest BCUT2D eigenvalue weighted by Crippen LogP contribution is 2.13. The average Bonchev–Trinajstić information content (AvgIpc) is 2.47. The van der Waals surface area contributed by atoms with Crippen LogP contribution in [0.1, 0.15) is 103 Å². The Balaban J connectivity index is 2.99. The van der Waals surface area contributed by atoms with E-state index >= 15 is 0 Å². The summed E-state index contributed by atoms with van der Waals surface area (Å²) >= 11 is 0. The van der Waals surface area contributed by atoms with Gasteiger partial charge in [-0.05, 0) is 12.8 Å². The van der Waals surface area contributed by atoms with Crippen LogP contribution in [-0.4, -0.2) is 12.1 Å². The predicted molar refractivity (Wildman–Crippen MR) is 86.0 cm³/mol. The fraction of sp³-hybridized carbons (Fsp3) is 0.889. The van der Waals surface area contributed by atoms with E-state index in [9.17, 15) is 9.59 Å². The lowest BCUT2D eigenvalue weighted by Crippen LogP contribution is -1.94. The molecule has 2 nitrogen and oxygen atoms in total. The first kappa shape index (κ1) is 19.3. The summed E-state index contributed by atoms with van der Waals surface area (Å²) in [6.07, 6.45) is 18.6. The fourth-order valence-corrected chi connectivity index (χ4v) is 2.49. The van der Waals surface area contributed by atoms with E-state index in [1.807, 2.05) is 6.92 Å². The molecule has 20 heavy (non-hydrogen) atoms. The summed E-state index contributed by atoms with van der Waals surface area (Å²) in [5.41, 5.74) is 0. The molecule has 0 N–H and O–H groups in total. The molecule has 0 atom stereocenters. The van der Waals surface area contributed by atoms with E-state index in [-0.39, 0.29) is 0 Å². The van der Waals surface area contributed by atoms with Gasteiger partial charge in [-0.3, -0.25) is 4.79 Å². The number of unbranched alkanes of at least 4 members (excludes halogenated alkanes) is 12. The van der Waals surface area contributed by atoms with Gasteiger partial charge in [0.1, 0.15) is 12.1 Å². The minimum Gasteiger partial charge on any atom is -0.303 e. The van der Waals surface area contributed by atoms with E-state index in [1.54, 1.807) is 0 Å². The third-order valence-corrected chi connectivity index (χ3v) is 3.92. The van der Waals surface area contributed by atoms with Gasteiger partial charge in [-0.25, -0.2) is 0 Å². The second-order valence-corrected chi connectivity index (χ2v) is 5.84. The summed E-state index contributed by atoms with van der Waals surface area (Å²) in [6, 6.07) is 0. The molecule has 0 aliphatic rings. The third-order valence-electron chi connectivity index (χ3n) is 3.92. The molecule has 0 spiro atoms. The molecule has 0 saturated carbocycles. The van der Waals surface area contributed by atoms with Crippen LogP contribution >= 0.6 is 0 Å². The highest BCUT2D eigenvalue weighted by molar-refractivity contribution is 5.77. The van der Waals surface area contributed by atoms with Crippen LogP contribution in [0.4, 0.5) is 0 Å². The number of carbonyl (C=O) groups is 2. The molecule has 0 unspecified atom stereocenters. The lowest BCUT2D eigenvalue weighted by atomic mass is 10.0. The molecule has 0 fully saturated rings. The van der Waals surface area contributed by atoms with Crippen molar-refractivity contribution in [1.29, 1.82) is 0 Å². The van der Waals surface area contributed by atoms with Crippen molar-refractivity contribution in [2.75, 3.05) is 0 Å². The van der Waals surface area contributed by atoms with Gasteiger partial charge in [0.05, 0.1) is 0 Å². The standard InChI is InChI=1S/C18H34O2/c1-2-18(20)16-14-12-10-8-6-4-3-5-7-9-11-13-15-17-19/h17H,2-16H2,1H3. The SMILES string of the molecule is CCC(=O)CCCCCCCCCCCCCCC=O. The summed E-state index contributed by atoms with van der Waals surface area (Å²) in [5, 5.41) is 0. The molecule has 0 bridgehead atoms. The van der Waals surface area contributed by atoms with Gasteiger partial charge in [0.2, 0.25) is 0 Å². The van der Waals surface area contributed by atoms with Gasteiger partial charge in [0.15, 0.2) is 0 Å². The summed E-state index contributed by atoms with van der Waals surface area (Å²) in [4.78, 5) is 21.3. The molecule has 0 aromatic carbocycles. The smallest absolute Gasteiger partial charge is 0.132 e. The van der Waals surface area contributed by atoms with Crippen LogP contribution in [0.3, 0.4) is 0 Å². The van der Waals surface area contributed by atoms with Crippen molar-refractivity contribution < 1.29 is 9.59 Å². The number of aldehydes is 1. The van der Waals surface area contributed by atoms with Gasteiger partial charge < -0.3 is 4.79 Å². The molecule has 0 saturated heterocycles. The normalized spacial score (nSPS) is 10.7. The zero-order valence-electron chi connectivity index (χ0n) is 13.5.